The Bertz CT molecular complexity index is 2380. The van der Waals surface area contributed by atoms with Gasteiger partial charge in [0.25, 0.3) is 0 Å². The lowest BCUT2D eigenvalue weighted by molar-refractivity contribution is -0.0298. The minimum absolute atomic E-state index is 0.0305. The van der Waals surface area contributed by atoms with Crippen LogP contribution >= 0.6 is 14.3 Å². The number of H-pyrrole nitrogens is 1. The number of fused-ring (bicyclic) bond motifs is 2. The summed E-state index contributed by atoms with van der Waals surface area (Å²) in [6.07, 6.45) is 13.4. The molecule has 1 saturated heterocycles. The van der Waals surface area contributed by atoms with Crippen molar-refractivity contribution in [1.29, 1.82) is 0 Å². The number of nitrogens with one attached hydrogen (secondary N) is 3. The van der Waals surface area contributed by atoms with Crippen molar-refractivity contribution in [3.63, 3.8) is 0 Å². The zero-order valence-corrected chi connectivity index (χ0v) is 38.5. The van der Waals surface area contributed by atoms with E-state index in [-0.39, 0.29) is 18.1 Å². The lowest BCUT2D eigenvalue weighted by atomic mass is 10.2. The summed E-state index contributed by atoms with van der Waals surface area (Å²) < 4.78 is 34.8. The fraction of sp³-hybridized carbons (Fsp3) is 0.511. The first-order valence-electron chi connectivity index (χ1n) is 21.9. The second-order valence-corrected chi connectivity index (χ2v) is 22.8. The predicted molar refractivity (Wildman–Crippen MR) is 249 cm³/mol. The van der Waals surface area contributed by atoms with Gasteiger partial charge in [0, 0.05) is 65.1 Å². The van der Waals surface area contributed by atoms with E-state index in [2.05, 4.69) is 90.9 Å². The molecular formula is C45H64N10O3P2. The zero-order chi connectivity index (χ0) is 42.9. The molecule has 4 aromatic heterocycles. The zero-order valence-electron chi connectivity index (χ0n) is 36.7. The molecule has 0 spiro atoms. The highest BCUT2D eigenvalue weighted by molar-refractivity contribution is 7.71. The largest absolute Gasteiger partial charge is 0.358 e. The van der Waals surface area contributed by atoms with E-state index in [9.17, 15) is 9.13 Å². The molecule has 1 aliphatic rings. The monoisotopic (exact) mass is 854 g/mol. The van der Waals surface area contributed by atoms with Gasteiger partial charge in [0.05, 0.1) is 12.7 Å². The molecule has 2 aromatic carbocycles. The number of aromatic amines is 1. The topological polar surface area (TPSA) is 165 Å². The van der Waals surface area contributed by atoms with Crippen LogP contribution in [0.3, 0.4) is 0 Å². The van der Waals surface area contributed by atoms with Gasteiger partial charge in [-0.1, -0.05) is 55.4 Å². The first kappa shape index (κ1) is 45.1. The van der Waals surface area contributed by atoms with Crippen molar-refractivity contribution in [3.8, 4) is 0 Å². The SMILES string of the molecule is CCCP(=O)(CCC)c1ccc(Nc2nc(C(C)C)nc3c2ncn3C2CCCCO2)cc1.CCCP(=O)(CCC)c1ccc(Nc2nc(C(C)C)nc3nc[nH]c23)cc1. The average molecular weight is 855 g/mol. The quantitative estimate of drug-likeness (QED) is 0.0747. The molecule has 7 rings (SSSR count). The molecule has 6 aromatic rings. The van der Waals surface area contributed by atoms with Crippen LogP contribution in [0.2, 0.25) is 0 Å². The smallest absolute Gasteiger partial charge is 0.183 e. The second kappa shape index (κ2) is 20.4. The van der Waals surface area contributed by atoms with Crippen LogP contribution in [0, 0.1) is 0 Å². The second-order valence-electron chi connectivity index (χ2n) is 16.4. The Kier molecular flexibility index (Phi) is 15.3. The van der Waals surface area contributed by atoms with E-state index >= 15 is 0 Å². The van der Waals surface area contributed by atoms with Crippen LogP contribution < -0.4 is 21.2 Å². The average Bonchev–Trinajstić information content (AvgIpc) is 3.90. The lowest BCUT2D eigenvalue weighted by Crippen LogP contribution is -2.18. The number of hydrogen-bond donors (Lipinski definition) is 3. The predicted octanol–water partition coefficient (Wildman–Crippen LogP) is 11.2. The van der Waals surface area contributed by atoms with Gasteiger partial charge in [0.2, 0.25) is 0 Å². The van der Waals surface area contributed by atoms with Gasteiger partial charge in [-0.2, -0.15) is 0 Å². The summed E-state index contributed by atoms with van der Waals surface area (Å²) in [7, 11) is -4.62. The van der Waals surface area contributed by atoms with Crippen LogP contribution in [0.5, 0.6) is 0 Å². The van der Waals surface area contributed by atoms with Gasteiger partial charge >= 0.3 is 0 Å². The van der Waals surface area contributed by atoms with Crippen molar-refractivity contribution >= 4 is 70.2 Å². The summed E-state index contributed by atoms with van der Waals surface area (Å²) >= 11 is 0. The fourth-order valence-electron chi connectivity index (χ4n) is 7.72. The van der Waals surface area contributed by atoms with Crippen molar-refractivity contribution in [2.24, 2.45) is 0 Å². The molecule has 322 valence electrons. The molecule has 1 unspecified atom stereocenters. The Balaban J connectivity index is 0.000000205. The number of hydrogen-bond acceptors (Lipinski definition) is 11. The van der Waals surface area contributed by atoms with E-state index in [1.165, 1.54) is 0 Å². The Morgan fingerprint density at radius 3 is 1.72 bits per heavy atom. The first-order valence-corrected chi connectivity index (χ1v) is 26.1. The van der Waals surface area contributed by atoms with Crippen LogP contribution in [0.25, 0.3) is 22.3 Å². The highest BCUT2D eigenvalue weighted by Crippen LogP contribution is 2.47. The normalized spacial score (nSPS) is 14.8. The maximum atomic E-state index is 13.5. The molecule has 1 atom stereocenters. The Labute approximate surface area is 355 Å². The Hall–Kier alpha value is -4.44. The van der Waals surface area contributed by atoms with E-state index in [1.807, 2.05) is 59.4 Å². The van der Waals surface area contributed by atoms with Gasteiger partial charge in [-0.25, -0.2) is 29.9 Å². The molecule has 5 heterocycles. The first-order chi connectivity index (χ1) is 28.9. The number of ether oxygens (including phenoxy) is 1. The maximum Gasteiger partial charge on any atom is 0.183 e. The van der Waals surface area contributed by atoms with E-state index in [0.29, 0.717) is 17.3 Å². The third-order valence-corrected chi connectivity index (χ3v) is 17.9. The molecule has 15 heteroatoms. The molecule has 0 amide bonds. The van der Waals surface area contributed by atoms with Crippen LogP contribution in [0.1, 0.15) is 130 Å². The third-order valence-electron chi connectivity index (χ3n) is 10.8. The molecule has 3 N–H and O–H groups in total. The number of benzene rings is 2. The highest BCUT2D eigenvalue weighted by atomic mass is 31.2. The number of anilines is 4. The summed E-state index contributed by atoms with van der Waals surface area (Å²) in [5.74, 6) is 3.32. The van der Waals surface area contributed by atoms with E-state index in [0.717, 1.165) is 127 Å². The standard InChI is InChI=1S/C25H36N5O2P.C20H28N5OP/c1-5-15-33(31,16-6-2)20-12-10-19(11-13-20)27-24-22-25(29-23(28-24)18(3)4)30(17-26-22)21-9-7-8-14-32-21;1-5-11-27(26,12-6-2)16-9-7-15(8-10-16)23-20-17-19(22-13-21-17)24-18(25-20)14(3)4/h10-13,17-18,21H,5-9,14-16H2,1-4H3,(H,27,28,29);7-10,13-14H,5-6,11-12H2,1-4H3,(H2,21,22,23,24,25). The molecule has 13 nitrogen and oxygen atoms in total. The van der Waals surface area contributed by atoms with Crippen molar-refractivity contribution in [2.75, 3.05) is 41.9 Å². The van der Waals surface area contributed by atoms with Gasteiger partial charge < -0.3 is 29.5 Å². The number of nitrogens with zero attached hydrogens (tertiary/aromatic N) is 7. The van der Waals surface area contributed by atoms with Crippen LogP contribution in [0.15, 0.2) is 61.2 Å². The molecule has 0 radical (unpaired) electrons. The van der Waals surface area contributed by atoms with Crippen LogP contribution in [-0.2, 0) is 13.9 Å². The van der Waals surface area contributed by atoms with E-state index in [1.54, 1.807) is 6.33 Å². The van der Waals surface area contributed by atoms with Crippen molar-refractivity contribution in [2.45, 2.75) is 118 Å². The summed E-state index contributed by atoms with van der Waals surface area (Å²) in [5, 5.41) is 8.73. The van der Waals surface area contributed by atoms with Crippen molar-refractivity contribution in [3.05, 3.63) is 72.8 Å². The summed E-state index contributed by atoms with van der Waals surface area (Å²) in [5.41, 5.74) is 4.78. The molecule has 1 fully saturated rings. The van der Waals surface area contributed by atoms with Gasteiger partial charge in [-0.05, 0) is 93.5 Å². The molecule has 1 aliphatic heterocycles. The van der Waals surface area contributed by atoms with E-state index < -0.39 is 14.3 Å². The minimum Gasteiger partial charge on any atom is -0.358 e. The van der Waals surface area contributed by atoms with Gasteiger partial charge in [0.15, 0.2) is 28.4 Å². The van der Waals surface area contributed by atoms with E-state index in [4.69, 9.17) is 14.7 Å². The van der Waals surface area contributed by atoms with Gasteiger partial charge in [-0.3, -0.25) is 4.57 Å². The Morgan fingerprint density at radius 1 is 0.700 bits per heavy atom. The Morgan fingerprint density at radius 2 is 1.22 bits per heavy atom. The molecule has 60 heavy (non-hydrogen) atoms. The number of aromatic nitrogens is 8. The molecule has 0 saturated carbocycles. The minimum atomic E-state index is -2.33. The maximum absolute atomic E-state index is 13.5. The van der Waals surface area contributed by atoms with Crippen molar-refractivity contribution in [1.82, 2.24) is 39.5 Å². The summed E-state index contributed by atoms with van der Waals surface area (Å²) in [6, 6.07) is 15.9. The summed E-state index contributed by atoms with van der Waals surface area (Å²) in [4.78, 5) is 30.8. The molecular weight excluding hydrogens is 791 g/mol. The lowest BCUT2D eigenvalue weighted by Gasteiger charge is -2.24. The highest BCUT2D eigenvalue weighted by Gasteiger charge is 2.25. The summed E-state index contributed by atoms with van der Waals surface area (Å²) in [6.45, 7) is 17.5. The number of imidazole rings is 2. The third kappa shape index (κ3) is 10.5. The van der Waals surface area contributed by atoms with Crippen molar-refractivity contribution < 1.29 is 13.9 Å². The van der Waals surface area contributed by atoms with Gasteiger partial charge in [-0.15, -0.1) is 0 Å². The molecule has 0 aliphatic carbocycles. The van der Waals surface area contributed by atoms with Crippen LogP contribution in [-0.4, -0.2) is 70.7 Å². The fourth-order valence-corrected chi connectivity index (χ4v) is 13.5. The molecule has 0 bridgehead atoms. The number of rotatable bonds is 17. The van der Waals surface area contributed by atoms with Gasteiger partial charge in [0.1, 0.15) is 37.7 Å². The van der Waals surface area contributed by atoms with Crippen LogP contribution in [0.4, 0.5) is 23.0 Å².